The van der Waals surface area contributed by atoms with Crippen molar-refractivity contribution in [3.8, 4) is 0 Å². The van der Waals surface area contributed by atoms with Gasteiger partial charge in [0.1, 0.15) is 5.82 Å². The monoisotopic (exact) mass is 263 g/mol. The van der Waals surface area contributed by atoms with Crippen molar-refractivity contribution in [1.82, 2.24) is 25.4 Å². The molecule has 3 rings (SSSR count). The van der Waals surface area contributed by atoms with Gasteiger partial charge in [0, 0.05) is 32.0 Å². The molecule has 0 bridgehead atoms. The van der Waals surface area contributed by atoms with Crippen molar-refractivity contribution in [1.29, 1.82) is 0 Å². The molecular weight excluding hydrogens is 242 g/mol. The molecule has 2 N–H and O–H groups in total. The largest absolute Gasteiger partial charge is 0.346 e. The van der Waals surface area contributed by atoms with Crippen molar-refractivity contribution < 1.29 is 4.79 Å². The number of hydrogen-bond donors (Lipinski definition) is 2. The molecule has 104 valence electrons. The Morgan fingerprint density at radius 2 is 2.32 bits per heavy atom. The Labute approximate surface area is 113 Å². The summed E-state index contributed by atoms with van der Waals surface area (Å²) in [4.78, 5) is 11.8. The summed E-state index contributed by atoms with van der Waals surface area (Å²) in [5.74, 6) is 2.01. The van der Waals surface area contributed by atoms with E-state index in [1.807, 2.05) is 6.92 Å². The van der Waals surface area contributed by atoms with Crippen molar-refractivity contribution in [2.24, 2.45) is 0 Å². The smallest absolute Gasteiger partial charge is 0.221 e. The number of rotatable bonds is 6. The minimum atomic E-state index is -0.0622. The summed E-state index contributed by atoms with van der Waals surface area (Å²) in [7, 11) is 0. The highest BCUT2D eigenvalue weighted by molar-refractivity contribution is 5.76. The highest BCUT2D eigenvalue weighted by atomic mass is 16.1. The number of aryl methyl sites for hydroxylation is 1. The Morgan fingerprint density at radius 1 is 1.47 bits per heavy atom. The summed E-state index contributed by atoms with van der Waals surface area (Å²) >= 11 is 0. The number of carbonyl (C=O) groups is 1. The first kappa shape index (κ1) is 12.6. The molecule has 1 saturated carbocycles. The number of nitrogens with zero attached hydrogens (tertiary/aromatic N) is 3. The number of nitrogens with one attached hydrogen (secondary N) is 2. The molecule has 0 radical (unpaired) electrons. The minimum Gasteiger partial charge on any atom is -0.346 e. The first-order valence-electron chi connectivity index (χ1n) is 7.19. The van der Waals surface area contributed by atoms with Crippen LogP contribution in [-0.2, 0) is 17.8 Å². The van der Waals surface area contributed by atoms with Crippen molar-refractivity contribution in [2.75, 3.05) is 6.54 Å². The van der Waals surface area contributed by atoms with Crippen LogP contribution in [0.4, 0.5) is 0 Å². The zero-order valence-corrected chi connectivity index (χ0v) is 11.4. The van der Waals surface area contributed by atoms with Crippen LogP contribution in [0.15, 0.2) is 0 Å². The van der Waals surface area contributed by atoms with Gasteiger partial charge in [0.15, 0.2) is 5.82 Å². The van der Waals surface area contributed by atoms with Crippen LogP contribution in [0.25, 0.3) is 0 Å². The maximum absolute atomic E-state index is 11.8. The van der Waals surface area contributed by atoms with Gasteiger partial charge >= 0.3 is 0 Å². The van der Waals surface area contributed by atoms with Crippen LogP contribution in [0.5, 0.6) is 0 Å². The van der Waals surface area contributed by atoms with E-state index in [9.17, 15) is 4.79 Å². The predicted molar refractivity (Wildman–Crippen MR) is 70.5 cm³/mol. The summed E-state index contributed by atoms with van der Waals surface area (Å²) in [6.45, 7) is 3.71. The highest BCUT2D eigenvalue weighted by Gasteiger charge is 2.23. The highest BCUT2D eigenvalue weighted by Crippen LogP contribution is 2.19. The molecule has 1 aromatic heterocycles. The molecule has 1 atom stereocenters. The lowest BCUT2D eigenvalue weighted by Crippen LogP contribution is -2.31. The number of aromatic nitrogens is 3. The average Bonchev–Trinajstić information content (AvgIpc) is 2.92. The van der Waals surface area contributed by atoms with E-state index < -0.39 is 0 Å². The first-order valence-corrected chi connectivity index (χ1v) is 7.19. The Bertz CT molecular complexity index is 466. The number of fused-ring (bicyclic) bond motifs is 1. The quantitative estimate of drug-likeness (QED) is 0.786. The predicted octanol–water partition coefficient (Wildman–Crippen LogP) is 0.544. The lowest BCUT2D eigenvalue weighted by molar-refractivity contribution is -0.121. The summed E-state index contributed by atoms with van der Waals surface area (Å²) in [6.07, 6.45) is 5.17. The van der Waals surface area contributed by atoms with Gasteiger partial charge in [-0.2, -0.15) is 0 Å². The van der Waals surface area contributed by atoms with E-state index in [0.717, 1.165) is 37.6 Å². The van der Waals surface area contributed by atoms with Crippen molar-refractivity contribution in [3.63, 3.8) is 0 Å². The molecule has 2 aliphatic rings. The summed E-state index contributed by atoms with van der Waals surface area (Å²) < 4.78 is 2.13. The van der Waals surface area contributed by atoms with E-state index in [1.54, 1.807) is 0 Å². The Kier molecular flexibility index (Phi) is 3.50. The fourth-order valence-corrected chi connectivity index (χ4v) is 2.55. The van der Waals surface area contributed by atoms with E-state index in [2.05, 4.69) is 25.4 Å². The molecule has 2 heterocycles. The second-order valence-corrected chi connectivity index (χ2v) is 5.50. The summed E-state index contributed by atoms with van der Waals surface area (Å²) in [5.41, 5.74) is 0. The van der Waals surface area contributed by atoms with Crippen LogP contribution in [0.3, 0.4) is 0 Å². The van der Waals surface area contributed by atoms with Crippen molar-refractivity contribution in [3.05, 3.63) is 11.6 Å². The third-order valence-corrected chi connectivity index (χ3v) is 3.77. The van der Waals surface area contributed by atoms with E-state index in [0.29, 0.717) is 12.5 Å². The molecular formula is C13H21N5O. The second-order valence-electron chi connectivity index (χ2n) is 5.50. The first-order chi connectivity index (χ1) is 9.24. The van der Waals surface area contributed by atoms with Gasteiger partial charge in [0.2, 0.25) is 5.91 Å². The van der Waals surface area contributed by atoms with Gasteiger partial charge in [0.05, 0.1) is 6.04 Å². The molecule has 1 fully saturated rings. The van der Waals surface area contributed by atoms with Gasteiger partial charge < -0.3 is 15.2 Å². The second kappa shape index (κ2) is 5.28. The van der Waals surface area contributed by atoms with Crippen LogP contribution >= 0.6 is 0 Å². The molecule has 0 spiro atoms. The standard InChI is InChI=1S/C13H21N5O/c1-9(13-17-16-11-3-2-8-18(11)13)15-12(19)6-7-14-10-4-5-10/h9-10,14H,2-8H2,1H3,(H,15,19). The Hall–Kier alpha value is -1.43. The molecule has 6 heteroatoms. The van der Waals surface area contributed by atoms with Crippen LogP contribution in [0.1, 0.15) is 50.3 Å². The fourth-order valence-electron chi connectivity index (χ4n) is 2.55. The van der Waals surface area contributed by atoms with Gasteiger partial charge in [-0.15, -0.1) is 10.2 Å². The average molecular weight is 263 g/mol. The topological polar surface area (TPSA) is 71.8 Å². The fraction of sp³-hybridized carbons (Fsp3) is 0.769. The van der Waals surface area contributed by atoms with Gasteiger partial charge in [-0.1, -0.05) is 0 Å². The number of amides is 1. The summed E-state index contributed by atoms with van der Waals surface area (Å²) in [6, 6.07) is 0.595. The molecule has 1 aliphatic heterocycles. The van der Waals surface area contributed by atoms with Crippen LogP contribution in [0.2, 0.25) is 0 Å². The molecule has 1 unspecified atom stereocenters. The Balaban J connectivity index is 1.49. The summed E-state index contributed by atoms with van der Waals surface area (Å²) in [5, 5.41) is 14.7. The number of hydrogen-bond acceptors (Lipinski definition) is 4. The minimum absolute atomic E-state index is 0.0622. The lowest BCUT2D eigenvalue weighted by atomic mass is 10.3. The normalized spacial score (nSPS) is 19.2. The molecule has 6 nitrogen and oxygen atoms in total. The maximum atomic E-state index is 11.8. The molecule has 1 aliphatic carbocycles. The van der Waals surface area contributed by atoms with Gasteiger partial charge in [-0.05, 0) is 26.2 Å². The van der Waals surface area contributed by atoms with E-state index in [-0.39, 0.29) is 11.9 Å². The molecule has 19 heavy (non-hydrogen) atoms. The Morgan fingerprint density at radius 3 is 3.11 bits per heavy atom. The number of carbonyl (C=O) groups excluding carboxylic acids is 1. The van der Waals surface area contributed by atoms with Crippen molar-refractivity contribution in [2.45, 2.75) is 57.7 Å². The molecule has 0 saturated heterocycles. The van der Waals surface area contributed by atoms with Crippen molar-refractivity contribution >= 4 is 5.91 Å². The van der Waals surface area contributed by atoms with Crippen LogP contribution < -0.4 is 10.6 Å². The lowest BCUT2D eigenvalue weighted by Gasteiger charge is -2.14. The molecule has 0 aromatic carbocycles. The molecule has 1 aromatic rings. The van der Waals surface area contributed by atoms with E-state index >= 15 is 0 Å². The SMILES string of the molecule is CC(NC(=O)CCNC1CC1)c1nnc2n1CCC2. The van der Waals surface area contributed by atoms with Crippen LogP contribution in [-0.4, -0.2) is 33.3 Å². The maximum Gasteiger partial charge on any atom is 0.221 e. The zero-order valence-electron chi connectivity index (χ0n) is 11.4. The van der Waals surface area contributed by atoms with E-state index in [4.69, 9.17) is 0 Å². The van der Waals surface area contributed by atoms with Gasteiger partial charge in [-0.25, -0.2) is 0 Å². The van der Waals surface area contributed by atoms with E-state index in [1.165, 1.54) is 12.8 Å². The van der Waals surface area contributed by atoms with Gasteiger partial charge in [-0.3, -0.25) is 4.79 Å². The third kappa shape index (κ3) is 2.94. The third-order valence-electron chi connectivity index (χ3n) is 3.77. The zero-order chi connectivity index (χ0) is 13.2. The van der Waals surface area contributed by atoms with Crippen LogP contribution in [0, 0.1) is 0 Å². The van der Waals surface area contributed by atoms with Gasteiger partial charge in [0.25, 0.3) is 0 Å². The molecule has 1 amide bonds.